The highest BCUT2D eigenvalue weighted by molar-refractivity contribution is 6.01. The number of phenolic OH excluding ortho intramolecular Hbond substituents is 1. The van der Waals surface area contributed by atoms with Crippen LogP contribution in [0.2, 0.25) is 0 Å². The monoisotopic (exact) mass is 499 g/mol. The summed E-state index contributed by atoms with van der Waals surface area (Å²) in [6.45, 7) is 1.72. The summed E-state index contributed by atoms with van der Waals surface area (Å²) in [5.74, 6) is -2.35. The summed E-state index contributed by atoms with van der Waals surface area (Å²) in [5.41, 5.74) is 7.62. The van der Waals surface area contributed by atoms with Crippen LogP contribution < -0.4 is 16.4 Å². The Labute approximate surface area is 213 Å². The zero-order valence-corrected chi connectivity index (χ0v) is 20.0. The average Bonchev–Trinajstić information content (AvgIpc) is 2.89. The number of amides is 2. The Bertz CT molecular complexity index is 1470. The second kappa shape index (κ2) is 11.3. The van der Waals surface area contributed by atoms with Gasteiger partial charge in [0.05, 0.1) is 17.1 Å². The van der Waals surface area contributed by atoms with Gasteiger partial charge in [0.2, 0.25) is 5.91 Å². The molecule has 0 saturated carbocycles. The van der Waals surface area contributed by atoms with Gasteiger partial charge in [0.15, 0.2) is 11.6 Å². The van der Waals surface area contributed by atoms with Gasteiger partial charge in [-0.1, -0.05) is 67.6 Å². The van der Waals surface area contributed by atoms with Crippen LogP contribution in [-0.2, 0) is 9.53 Å². The largest absolute Gasteiger partial charge is 0.505 e. The molecule has 0 unspecified atom stereocenters. The van der Waals surface area contributed by atoms with Crippen molar-refractivity contribution in [3.05, 3.63) is 108 Å². The molecule has 4 aromatic rings. The Kier molecular flexibility index (Phi) is 7.68. The van der Waals surface area contributed by atoms with Crippen LogP contribution in [0.1, 0.15) is 18.6 Å². The molecule has 4 aromatic carbocycles. The summed E-state index contributed by atoms with van der Waals surface area (Å²) in [6.07, 6.45) is 1.13. The first-order chi connectivity index (χ1) is 17.8. The lowest BCUT2D eigenvalue weighted by Gasteiger charge is -2.23. The molecule has 0 fully saturated rings. The first-order valence-electron chi connectivity index (χ1n) is 11.6. The molecule has 0 aromatic heterocycles. The Morgan fingerprint density at radius 2 is 1.65 bits per heavy atom. The van der Waals surface area contributed by atoms with E-state index in [9.17, 15) is 19.1 Å². The number of nitrogens with two attached hydrogens (primary N) is 1. The lowest BCUT2D eigenvalue weighted by Crippen LogP contribution is -2.22. The number of benzene rings is 4. The summed E-state index contributed by atoms with van der Waals surface area (Å²) < 4.78 is 19.9. The molecule has 0 bridgehead atoms. The maximum Gasteiger partial charge on any atom is 0.412 e. The van der Waals surface area contributed by atoms with Gasteiger partial charge in [0.25, 0.3) is 0 Å². The highest BCUT2D eigenvalue weighted by Crippen LogP contribution is 2.31. The van der Waals surface area contributed by atoms with E-state index >= 15 is 0 Å². The van der Waals surface area contributed by atoms with Crippen LogP contribution in [0.5, 0.6) is 5.75 Å². The predicted octanol–water partition coefficient (Wildman–Crippen LogP) is 6.39. The Hall–Kier alpha value is -4.85. The normalized spacial score (nSPS) is 12.7. The fraction of sp³-hybridized carbons (Fsp3) is 0.103. The minimum absolute atomic E-state index is 0.313. The molecule has 5 N–H and O–H groups in total. The van der Waals surface area contributed by atoms with Crippen molar-refractivity contribution in [1.29, 1.82) is 0 Å². The number of nitrogens with one attached hydrogen (secondary N) is 2. The third-order valence-electron chi connectivity index (χ3n) is 5.81. The van der Waals surface area contributed by atoms with Crippen LogP contribution >= 0.6 is 0 Å². The number of rotatable bonds is 7. The lowest BCUT2D eigenvalue weighted by atomic mass is 9.96. The van der Waals surface area contributed by atoms with Crippen molar-refractivity contribution in [2.75, 3.05) is 16.4 Å². The predicted molar refractivity (Wildman–Crippen MR) is 143 cm³/mol. The van der Waals surface area contributed by atoms with Gasteiger partial charge in [0.1, 0.15) is 6.10 Å². The number of carbonyl (C=O) groups is 2. The number of para-hydroxylation sites is 2. The highest BCUT2D eigenvalue weighted by atomic mass is 19.1. The standard InChI is InChI=1S/C29H26FN3O4/c1-18(13-16-27(35)32-25-11-5-4-10-23(25)31)28(20-14-15-26(34)22(30)17-20)37-29(36)33-24-12-6-8-19-7-2-3-9-21(19)24/h2-18,28,34H,31H2,1H3,(H,32,35)(H,33,36)/b16-13+/t18-,28+/m1/s1. The van der Waals surface area contributed by atoms with E-state index in [2.05, 4.69) is 10.6 Å². The van der Waals surface area contributed by atoms with E-state index in [-0.39, 0.29) is 0 Å². The van der Waals surface area contributed by atoms with Crippen LogP contribution in [0.25, 0.3) is 10.8 Å². The summed E-state index contributed by atoms with van der Waals surface area (Å²) >= 11 is 0. The summed E-state index contributed by atoms with van der Waals surface area (Å²) in [6, 6.07) is 23.6. The summed E-state index contributed by atoms with van der Waals surface area (Å²) in [7, 11) is 0. The Morgan fingerprint density at radius 1 is 0.946 bits per heavy atom. The summed E-state index contributed by atoms with van der Waals surface area (Å²) in [4.78, 5) is 25.4. The van der Waals surface area contributed by atoms with Gasteiger partial charge in [-0.3, -0.25) is 10.1 Å². The molecule has 0 aliphatic heterocycles. The highest BCUT2D eigenvalue weighted by Gasteiger charge is 2.24. The summed E-state index contributed by atoms with van der Waals surface area (Å²) in [5, 5.41) is 16.8. The molecule has 2 amide bonds. The molecule has 0 saturated heterocycles. The van der Waals surface area contributed by atoms with E-state index in [1.807, 2.05) is 36.4 Å². The zero-order valence-electron chi connectivity index (χ0n) is 20.0. The number of halogens is 1. The minimum atomic E-state index is -0.962. The van der Waals surface area contributed by atoms with Crippen LogP contribution in [0.4, 0.5) is 26.2 Å². The third kappa shape index (κ3) is 6.24. The number of fused-ring (bicyclic) bond motifs is 1. The van der Waals surface area contributed by atoms with Gasteiger partial charge in [-0.05, 0) is 47.4 Å². The van der Waals surface area contributed by atoms with Crippen LogP contribution in [0, 0.1) is 11.7 Å². The maximum atomic E-state index is 14.2. The number of nitrogen functional groups attached to an aromatic ring is 1. The number of hydrogen-bond donors (Lipinski definition) is 4. The van der Waals surface area contributed by atoms with E-state index in [1.54, 1.807) is 43.3 Å². The van der Waals surface area contributed by atoms with Gasteiger partial charge >= 0.3 is 6.09 Å². The molecule has 0 aliphatic carbocycles. The fourth-order valence-corrected chi connectivity index (χ4v) is 3.89. The van der Waals surface area contributed by atoms with Crippen molar-refractivity contribution < 1.29 is 23.8 Å². The molecule has 2 atom stereocenters. The van der Waals surface area contributed by atoms with E-state index in [4.69, 9.17) is 10.5 Å². The molecule has 0 spiro atoms. The van der Waals surface area contributed by atoms with Crippen molar-refractivity contribution >= 4 is 39.8 Å². The average molecular weight is 500 g/mol. The molecule has 8 heteroatoms. The van der Waals surface area contributed by atoms with Gasteiger partial charge in [-0.2, -0.15) is 0 Å². The molecule has 37 heavy (non-hydrogen) atoms. The topological polar surface area (TPSA) is 114 Å². The van der Waals surface area contributed by atoms with Crippen molar-refractivity contribution in [2.24, 2.45) is 5.92 Å². The minimum Gasteiger partial charge on any atom is -0.505 e. The van der Waals surface area contributed by atoms with Crippen LogP contribution in [-0.4, -0.2) is 17.1 Å². The number of ether oxygens (including phenoxy) is 1. The molecule has 4 rings (SSSR count). The quantitative estimate of drug-likeness (QED) is 0.174. The molecule has 188 valence electrons. The van der Waals surface area contributed by atoms with Crippen molar-refractivity contribution in [3.63, 3.8) is 0 Å². The van der Waals surface area contributed by atoms with E-state index < -0.39 is 35.6 Å². The van der Waals surface area contributed by atoms with Crippen LogP contribution in [0.3, 0.4) is 0 Å². The lowest BCUT2D eigenvalue weighted by molar-refractivity contribution is -0.111. The second-order valence-corrected chi connectivity index (χ2v) is 8.48. The second-order valence-electron chi connectivity index (χ2n) is 8.48. The van der Waals surface area contributed by atoms with Gasteiger partial charge in [-0.25, -0.2) is 9.18 Å². The molecular formula is C29H26FN3O4. The van der Waals surface area contributed by atoms with E-state index in [0.717, 1.165) is 16.8 Å². The number of phenols is 1. The number of carbonyl (C=O) groups excluding carboxylic acids is 2. The zero-order chi connectivity index (χ0) is 26.4. The smallest absolute Gasteiger partial charge is 0.412 e. The first-order valence-corrected chi connectivity index (χ1v) is 11.6. The van der Waals surface area contributed by atoms with Crippen molar-refractivity contribution in [2.45, 2.75) is 13.0 Å². The molecular weight excluding hydrogens is 473 g/mol. The van der Waals surface area contributed by atoms with E-state index in [1.165, 1.54) is 18.2 Å². The number of aromatic hydroxyl groups is 1. The van der Waals surface area contributed by atoms with Crippen LogP contribution in [0.15, 0.2) is 97.1 Å². The Balaban J connectivity index is 1.54. The number of hydrogen-bond acceptors (Lipinski definition) is 5. The van der Waals surface area contributed by atoms with Gasteiger partial charge in [0, 0.05) is 11.3 Å². The SMILES string of the molecule is C[C@H](/C=C/C(=O)Nc1ccccc1N)[C@H](OC(=O)Nc1cccc2ccccc12)c1ccc(O)c(F)c1. The maximum absolute atomic E-state index is 14.2. The molecule has 7 nitrogen and oxygen atoms in total. The van der Waals surface area contributed by atoms with Gasteiger partial charge in [-0.15, -0.1) is 0 Å². The van der Waals surface area contributed by atoms with Crippen molar-refractivity contribution in [1.82, 2.24) is 0 Å². The van der Waals surface area contributed by atoms with Crippen molar-refractivity contribution in [3.8, 4) is 5.75 Å². The van der Waals surface area contributed by atoms with Gasteiger partial charge < -0.3 is 20.9 Å². The first kappa shape index (κ1) is 25.2. The Morgan fingerprint density at radius 3 is 2.43 bits per heavy atom. The number of anilines is 3. The fourth-order valence-electron chi connectivity index (χ4n) is 3.89. The molecule has 0 aliphatic rings. The molecule has 0 radical (unpaired) electrons. The molecule has 0 heterocycles. The third-order valence-corrected chi connectivity index (χ3v) is 5.81. The van der Waals surface area contributed by atoms with E-state index in [0.29, 0.717) is 22.6 Å².